The molecule has 1 aromatic carbocycles. The maximum atomic E-state index is 11.9. The maximum absolute atomic E-state index is 11.9. The van der Waals surface area contributed by atoms with Crippen LogP contribution in [0.1, 0.15) is 10.4 Å². The van der Waals surface area contributed by atoms with Gasteiger partial charge in [-0.15, -0.1) is 0 Å². The van der Waals surface area contributed by atoms with Gasteiger partial charge in [-0.3, -0.25) is 20.2 Å². The van der Waals surface area contributed by atoms with Gasteiger partial charge >= 0.3 is 5.00 Å². The normalized spacial score (nSPS) is 9.95. The third-order valence-electron chi connectivity index (χ3n) is 2.36. The van der Waals surface area contributed by atoms with Crippen molar-refractivity contribution in [3.8, 4) is 0 Å². The molecule has 108 valence electrons. The predicted octanol–water partition coefficient (Wildman–Crippen LogP) is 3.44. The summed E-state index contributed by atoms with van der Waals surface area (Å²) in [5, 5.41) is 17.8. The Labute approximate surface area is 133 Å². The zero-order chi connectivity index (χ0) is 15.4. The summed E-state index contributed by atoms with van der Waals surface area (Å²) in [5.41, 5.74) is 0.855. The number of rotatable bonds is 3. The summed E-state index contributed by atoms with van der Waals surface area (Å²) >= 11 is 11.6. The van der Waals surface area contributed by atoms with E-state index < -0.39 is 10.8 Å². The first-order valence-corrected chi connectivity index (χ1v) is 7.23. The van der Waals surface area contributed by atoms with Gasteiger partial charge in [-0.1, -0.05) is 22.9 Å². The number of amides is 1. The largest absolute Gasteiger partial charge is 0.332 e. The van der Waals surface area contributed by atoms with E-state index >= 15 is 0 Å². The van der Waals surface area contributed by atoms with Gasteiger partial charge in [0.05, 0.1) is 10.5 Å². The van der Waals surface area contributed by atoms with E-state index in [-0.39, 0.29) is 15.7 Å². The number of benzene rings is 1. The SMILES string of the molecule is O=C(NC(=S)Nc1ccc(Cl)cc1)c1csc([N+](=O)[O-])c1. The van der Waals surface area contributed by atoms with E-state index in [2.05, 4.69) is 10.6 Å². The van der Waals surface area contributed by atoms with Crippen molar-refractivity contribution in [1.82, 2.24) is 5.32 Å². The van der Waals surface area contributed by atoms with Crippen LogP contribution in [-0.4, -0.2) is 15.9 Å². The lowest BCUT2D eigenvalue weighted by atomic mass is 10.3. The molecule has 21 heavy (non-hydrogen) atoms. The first kappa shape index (κ1) is 15.4. The van der Waals surface area contributed by atoms with Crippen LogP contribution in [0.5, 0.6) is 0 Å². The van der Waals surface area contributed by atoms with Crippen molar-refractivity contribution < 1.29 is 9.72 Å². The van der Waals surface area contributed by atoms with Crippen molar-refractivity contribution in [1.29, 1.82) is 0 Å². The van der Waals surface area contributed by atoms with Gasteiger partial charge in [-0.05, 0) is 36.5 Å². The minimum Gasteiger partial charge on any atom is -0.332 e. The standard InChI is InChI=1S/C12H8ClN3O3S2/c13-8-1-3-9(4-2-8)14-12(20)15-11(17)7-5-10(16(18)19)21-6-7/h1-6H,(H2,14,15,17,20). The number of thiophene rings is 1. The molecule has 0 radical (unpaired) electrons. The third kappa shape index (κ3) is 4.22. The summed E-state index contributed by atoms with van der Waals surface area (Å²) in [7, 11) is 0. The number of hydrogen-bond donors (Lipinski definition) is 2. The number of halogens is 1. The van der Waals surface area contributed by atoms with Crippen LogP contribution in [-0.2, 0) is 0 Å². The minimum absolute atomic E-state index is 0.0937. The summed E-state index contributed by atoms with van der Waals surface area (Å²) in [4.78, 5) is 21.9. The van der Waals surface area contributed by atoms with E-state index in [0.29, 0.717) is 10.7 Å². The molecule has 0 atom stereocenters. The molecule has 2 aromatic rings. The highest BCUT2D eigenvalue weighted by Gasteiger charge is 2.15. The van der Waals surface area contributed by atoms with Gasteiger partial charge in [0.1, 0.15) is 0 Å². The number of nitro groups is 1. The Morgan fingerprint density at radius 1 is 1.33 bits per heavy atom. The Kier molecular flexibility index (Phi) is 4.84. The first-order chi connectivity index (χ1) is 9.95. The van der Waals surface area contributed by atoms with Crippen molar-refractivity contribution in [3.05, 3.63) is 56.4 Å². The van der Waals surface area contributed by atoms with Crippen molar-refractivity contribution in [2.24, 2.45) is 0 Å². The lowest BCUT2D eigenvalue weighted by Gasteiger charge is -2.08. The van der Waals surface area contributed by atoms with E-state index in [4.69, 9.17) is 23.8 Å². The smallest absolute Gasteiger partial charge is 0.324 e. The average Bonchev–Trinajstić information content (AvgIpc) is 2.91. The molecule has 0 aliphatic heterocycles. The molecule has 0 aliphatic rings. The number of anilines is 1. The van der Waals surface area contributed by atoms with Crippen molar-refractivity contribution >= 4 is 56.9 Å². The molecule has 0 aliphatic carbocycles. The highest BCUT2D eigenvalue weighted by molar-refractivity contribution is 7.80. The highest BCUT2D eigenvalue weighted by atomic mass is 35.5. The molecule has 9 heteroatoms. The molecule has 1 heterocycles. The number of nitrogens with zero attached hydrogens (tertiary/aromatic N) is 1. The van der Waals surface area contributed by atoms with Gasteiger partial charge in [0, 0.05) is 22.2 Å². The second kappa shape index (κ2) is 6.61. The minimum atomic E-state index is -0.550. The first-order valence-electron chi connectivity index (χ1n) is 5.56. The van der Waals surface area contributed by atoms with Gasteiger partial charge in [0.15, 0.2) is 5.11 Å². The van der Waals surface area contributed by atoms with E-state index in [9.17, 15) is 14.9 Å². The summed E-state index contributed by atoms with van der Waals surface area (Å²) in [5.74, 6) is -0.509. The van der Waals surface area contributed by atoms with E-state index in [1.165, 1.54) is 11.4 Å². The molecule has 2 N–H and O–H groups in total. The van der Waals surface area contributed by atoms with Gasteiger partial charge < -0.3 is 5.32 Å². The second-order valence-electron chi connectivity index (χ2n) is 3.85. The zero-order valence-electron chi connectivity index (χ0n) is 10.3. The highest BCUT2D eigenvalue weighted by Crippen LogP contribution is 2.22. The molecule has 6 nitrogen and oxygen atoms in total. The molecule has 1 aromatic heterocycles. The van der Waals surface area contributed by atoms with Crippen molar-refractivity contribution in [3.63, 3.8) is 0 Å². The van der Waals surface area contributed by atoms with Gasteiger partial charge in [0.2, 0.25) is 0 Å². The van der Waals surface area contributed by atoms with Crippen LogP contribution < -0.4 is 10.6 Å². The van der Waals surface area contributed by atoms with Crippen molar-refractivity contribution in [2.75, 3.05) is 5.32 Å². The Bertz CT molecular complexity index is 700. The average molecular weight is 342 g/mol. The van der Waals surface area contributed by atoms with Crippen molar-refractivity contribution in [2.45, 2.75) is 0 Å². The molecule has 0 saturated heterocycles. The number of hydrogen-bond acceptors (Lipinski definition) is 5. The fraction of sp³-hybridized carbons (Fsp3) is 0. The van der Waals surface area contributed by atoms with Crippen LogP contribution in [0.15, 0.2) is 35.7 Å². The monoisotopic (exact) mass is 341 g/mol. The zero-order valence-corrected chi connectivity index (χ0v) is 12.7. The second-order valence-corrected chi connectivity index (χ2v) is 5.58. The molecule has 0 bridgehead atoms. The molecule has 0 fully saturated rings. The van der Waals surface area contributed by atoms with Crippen LogP contribution in [0.4, 0.5) is 10.7 Å². The topological polar surface area (TPSA) is 84.3 Å². The molecule has 1 amide bonds. The Morgan fingerprint density at radius 2 is 2.00 bits per heavy atom. The van der Waals surface area contributed by atoms with Crippen LogP contribution in [0.25, 0.3) is 0 Å². The lowest BCUT2D eigenvalue weighted by Crippen LogP contribution is -2.33. The lowest BCUT2D eigenvalue weighted by molar-refractivity contribution is -0.380. The van der Waals surface area contributed by atoms with E-state index in [0.717, 1.165) is 11.3 Å². The Balaban J connectivity index is 1.96. The summed E-state index contributed by atoms with van der Waals surface area (Å²) < 4.78 is 0. The van der Waals surface area contributed by atoms with Crippen LogP contribution in [0.3, 0.4) is 0 Å². The fourth-order valence-corrected chi connectivity index (χ4v) is 2.45. The van der Waals surface area contributed by atoms with Crippen LogP contribution >= 0.6 is 35.2 Å². The van der Waals surface area contributed by atoms with E-state index in [1.54, 1.807) is 24.3 Å². The van der Waals surface area contributed by atoms with Crippen LogP contribution in [0, 0.1) is 10.1 Å². The van der Waals surface area contributed by atoms with Crippen LogP contribution in [0.2, 0.25) is 5.02 Å². The number of carbonyl (C=O) groups excluding carboxylic acids is 1. The summed E-state index contributed by atoms with van der Waals surface area (Å²) in [6.45, 7) is 0. The molecular formula is C12H8ClN3O3S2. The molecule has 0 unspecified atom stereocenters. The molecule has 0 saturated carbocycles. The molecular weight excluding hydrogens is 334 g/mol. The molecule has 2 rings (SSSR count). The Hall–Kier alpha value is -2.03. The molecule has 0 spiro atoms. The predicted molar refractivity (Wildman–Crippen MR) is 86.1 cm³/mol. The summed E-state index contributed by atoms with van der Waals surface area (Å²) in [6.07, 6.45) is 0. The number of carbonyl (C=O) groups is 1. The summed E-state index contributed by atoms with van der Waals surface area (Å²) in [6, 6.07) is 7.96. The van der Waals surface area contributed by atoms with Gasteiger partial charge in [-0.2, -0.15) is 0 Å². The fourth-order valence-electron chi connectivity index (χ4n) is 1.41. The number of thiocarbonyl (C=S) groups is 1. The Morgan fingerprint density at radius 3 is 2.57 bits per heavy atom. The van der Waals surface area contributed by atoms with Gasteiger partial charge in [-0.25, -0.2) is 0 Å². The van der Waals surface area contributed by atoms with E-state index in [1.807, 2.05) is 0 Å². The van der Waals surface area contributed by atoms with Gasteiger partial charge in [0.25, 0.3) is 5.91 Å². The quantitative estimate of drug-likeness (QED) is 0.507. The third-order valence-corrected chi connectivity index (χ3v) is 3.69. The maximum Gasteiger partial charge on any atom is 0.324 e. The number of nitrogens with one attached hydrogen (secondary N) is 2.